The van der Waals surface area contributed by atoms with Crippen LogP contribution in [0.2, 0.25) is 0 Å². The zero-order chi connectivity index (χ0) is 21.3. The normalized spacial score (nSPS) is 13.7. The smallest absolute Gasteiger partial charge is 0.152 e. The molecule has 0 aliphatic rings. The van der Waals surface area contributed by atoms with Crippen LogP contribution in [0.25, 0.3) is 0 Å². The van der Waals surface area contributed by atoms with Crippen LogP contribution in [-0.2, 0) is 29.1 Å². The quantitative estimate of drug-likeness (QED) is 0.287. The van der Waals surface area contributed by atoms with E-state index in [0.29, 0.717) is 12.8 Å². The van der Waals surface area contributed by atoms with Crippen molar-refractivity contribution in [3.8, 4) is 0 Å². The Morgan fingerprint density at radius 3 is 1.79 bits per heavy atom. The average Bonchev–Trinajstić information content (AvgIpc) is 2.61. The summed E-state index contributed by atoms with van der Waals surface area (Å²) >= 11 is 0. The Hall–Kier alpha value is -0.220. The van der Waals surface area contributed by atoms with E-state index in [9.17, 15) is 21.9 Å². The fourth-order valence-electron chi connectivity index (χ4n) is 2.65. The molecule has 0 amide bonds. The van der Waals surface area contributed by atoms with Gasteiger partial charge in [0.05, 0.1) is 55.5 Å². The van der Waals surface area contributed by atoms with Crippen LogP contribution in [0.1, 0.15) is 65.2 Å². The minimum Gasteiger partial charge on any atom is -0.390 e. The fraction of sp³-hybridized carbons (Fsp3) is 1.00. The van der Waals surface area contributed by atoms with Gasteiger partial charge in [-0.1, -0.05) is 52.4 Å². The summed E-state index contributed by atoms with van der Waals surface area (Å²) in [6.45, 7) is 4.58. The molecular weight excluding hydrogens is 404 g/mol. The van der Waals surface area contributed by atoms with Gasteiger partial charge in [0.25, 0.3) is 0 Å². The maximum Gasteiger partial charge on any atom is 0.152 e. The molecule has 28 heavy (non-hydrogen) atoms. The van der Waals surface area contributed by atoms with E-state index < -0.39 is 25.8 Å². The molecule has 0 bridgehead atoms. The van der Waals surface area contributed by atoms with Crippen molar-refractivity contribution >= 4 is 19.7 Å². The van der Waals surface area contributed by atoms with Crippen LogP contribution in [0.3, 0.4) is 0 Å². The second-order valence-corrected chi connectivity index (χ2v) is 11.8. The molecule has 0 fully saturated rings. The van der Waals surface area contributed by atoms with E-state index in [1.165, 1.54) is 0 Å². The van der Waals surface area contributed by atoms with Gasteiger partial charge in [0.2, 0.25) is 0 Å². The van der Waals surface area contributed by atoms with E-state index in [2.05, 4.69) is 13.8 Å². The van der Waals surface area contributed by atoms with Gasteiger partial charge < -0.3 is 14.6 Å². The molecule has 0 saturated carbocycles. The highest BCUT2D eigenvalue weighted by Crippen LogP contribution is 2.05. The molecular formula is C19H40O7S2. The van der Waals surface area contributed by atoms with Crippen LogP contribution in [0, 0.1) is 0 Å². The molecule has 0 aliphatic carbocycles. The first-order valence-corrected chi connectivity index (χ1v) is 14.1. The Labute approximate surface area is 172 Å². The van der Waals surface area contributed by atoms with Crippen molar-refractivity contribution in [3.05, 3.63) is 0 Å². The molecule has 1 N–H and O–H groups in total. The number of rotatable bonds is 20. The molecule has 1 atom stereocenters. The Morgan fingerprint density at radius 2 is 1.21 bits per heavy atom. The van der Waals surface area contributed by atoms with Crippen LogP contribution < -0.4 is 0 Å². The first-order chi connectivity index (χ1) is 13.2. The molecule has 0 aromatic rings. The predicted molar refractivity (Wildman–Crippen MR) is 113 cm³/mol. The highest BCUT2D eigenvalue weighted by molar-refractivity contribution is 7.91. The molecule has 0 heterocycles. The van der Waals surface area contributed by atoms with Gasteiger partial charge >= 0.3 is 0 Å². The van der Waals surface area contributed by atoms with Crippen molar-refractivity contribution in [2.45, 2.75) is 71.3 Å². The molecule has 0 saturated heterocycles. The van der Waals surface area contributed by atoms with Gasteiger partial charge in [-0.2, -0.15) is 0 Å². The summed E-state index contributed by atoms with van der Waals surface area (Å²) in [6, 6.07) is 0. The van der Waals surface area contributed by atoms with Crippen molar-refractivity contribution in [1.29, 1.82) is 0 Å². The summed E-state index contributed by atoms with van der Waals surface area (Å²) in [5, 5.41) is 9.79. The molecule has 0 spiro atoms. The number of aliphatic hydroxyl groups excluding tert-OH is 1. The van der Waals surface area contributed by atoms with Crippen molar-refractivity contribution in [2.24, 2.45) is 0 Å². The van der Waals surface area contributed by atoms with Gasteiger partial charge in [0.15, 0.2) is 19.7 Å². The maximum absolute atomic E-state index is 11.9. The van der Waals surface area contributed by atoms with E-state index in [0.717, 1.165) is 38.5 Å². The van der Waals surface area contributed by atoms with Gasteiger partial charge in [0.1, 0.15) is 0 Å². The van der Waals surface area contributed by atoms with Gasteiger partial charge in [0, 0.05) is 0 Å². The van der Waals surface area contributed by atoms with E-state index >= 15 is 0 Å². The summed E-state index contributed by atoms with van der Waals surface area (Å²) in [5.41, 5.74) is 0. The molecule has 0 aromatic carbocycles. The van der Waals surface area contributed by atoms with Crippen molar-refractivity contribution in [3.63, 3.8) is 0 Å². The topological polar surface area (TPSA) is 107 Å². The van der Waals surface area contributed by atoms with Gasteiger partial charge in [-0.05, 0) is 12.8 Å². The highest BCUT2D eigenvalue weighted by atomic mass is 32.2. The number of aliphatic hydroxyl groups is 1. The Morgan fingerprint density at radius 1 is 0.679 bits per heavy atom. The second kappa shape index (κ2) is 16.6. The Balaban J connectivity index is 3.71. The van der Waals surface area contributed by atoms with Crippen LogP contribution in [0.5, 0.6) is 0 Å². The van der Waals surface area contributed by atoms with Gasteiger partial charge in [-0.25, -0.2) is 16.8 Å². The Kier molecular flexibility index (Phi) is 16.4. The molecule has 0 aromatic heterocycles. The molecule has 7 nitrogen and oxygen atoms in total. The van der Waals surface area contributed by atoms with E-state index in [1.807, 2.05) is 0 Å². The van der Waals surface area contributed by atoms with E-state index in [-0.39, 0.29) is 49.4 Å². The molecule has 0 aliphatic heterocycles. The van der Waals surface area contributed by atoms with Crippen molar-refractivity contribution in [2.75, 3.05) is 49.4 Å². The van der Waals surface area contributed by atoms with Gasteiger partial charge in [-0.15, -0.1) is 0 Å². The summed E-state index contributed by atoms with van der Waals surface area (Å²) in [6.07, 6.45) is 6.26. The standard InChI is InChI=1S/C19H40O7S2/c1-3-5-7-9-14-27(21,22)16-13-25-11-12-26-17-19(20)18-28(23,24)15-10-8-6-4-2/h19-20H,3-18H2,1-2H3/t19-/m0/s1. The Bertz CT molecular complexity index is 559. The lowest BCUT2D eigenvalue weighted by Gasteiger charge is -2.12. The third-order valence-corrected chi connectivity index (χ3v) is 7.79. The summed E-state index contributed by atoms with van der Waals surface area (Å²) in [7, 11) is -6.34. The van der Waals surface area contributed by atoms with E-state index in [1.54, 1.807) is 0 Å². The molecule has 0 radical (unpaired) electrons. The first-order valence-electron chi connectivity index (χ1n) is 10.5. The highest BCUT2D eigenvalue weighted by Gasteiger charge is 2.17. The van der Waals surface area contributed by atoms with Gasteiger partial charge in [-0.3, -0.25) is 0 Å². The second-order valence-electron chi connectivity index (χ2n) is 7.23. The lowest BCUT2D eigenvalue weighted by atomic mass is 10.2. The van der Waals surface area contributed by atoms with Crippen LogP contribution in [0.4, 0.5) is 0 Å². The van der Waals surface area contributed by atoms with Crippen LogP contribution in [-0.4, -0.2) is 77.5 Å². The zero-order valence-electron chi connectivity index (χ0n) is 17.6. The first kappa shape index (κ1) is 27.8. The van der Waals surface area contributed by atoms with E-state index in [4.69, 9.17) is 9.47 Å². The lowest BCUT2D eigenvalue weighted by molar-refractivity contribution is 0.0133. The lowest BCUT2D eigenvalue weighted by Crippen LogP contribution is -2.28. The average molecular weight is 445 g/mol. The van der Waals surface area contributed by atoms with Crippen molar-refractivity contribution < 1.29 is 31.4 Å². The number of hydrogen-bond donors (Lipinski definition) is 1. The largest absolute Gasteiger partial charge is 0.390 e. The summed E-state index contributed by atoms with van der Waals surface area (Å²) in [5.74, 6) is 0.000339. The SMILES string of the molecule is CCCCCCS(=O)(=O)CCOCCOC[C@H](O)CS(=O)(=O)CCCCCC. The monoisotopic (exact) mass is 444 g/mol. The summed E-state index contributed by atoms with van der Waals surface area (Å²) in [4.78, 5) is 0. The number of hydrogen-bond acceptors (Lipinski definition) is 7. The summed E-state index contributed by atoms with van der Waals surface area (Å²) < 4.78 is 57.9. The number of sulfone groups is 2. The fourth-order valence-corrected chi connectivity index (χ4v) is 5.36. The molecule has 170 valence electrons. The number of ether oxygens (including phenoxy) is 2. The van der Waals surface area contributed by atoms with Crippen molar-refractivity contribution in [1.82, 2.24) is 0 Å². The van der Waals surface area contributed by atoms with Crippen LogP contribution in [0.15, 0.2) is 0 Å². The minimum absolute atomic E-state index is 0.00196. The molecule has 9 heteroatoms. The third kappa shape index (κ3) is 17.8. The molecule has 0 rings (SSSR count). The zero-order valence-corrected chi connectivity index (χ0v) is 19.2. The van der Waals surface area contributed by atoms with Crippen LogP contribution >= 0.6 is 0 Å². The minimum atomic E-state index is -3.27. The molecule has 0 unspecified atom stereocenters. The predicted octanol–water partition coefficient (Wildman–Crippen LogP) is 2.37. The number of unbranched alkanes of at least 4 members (excludes halogenated alkanes) is 6. The maximum atomic E-state index is 11.9. The third-order valence-electron chi connectivity index (χ3n) is 4.29.